The predicted octanol–water partition coefficient (Wildman–Crippen LogP) is 2.06. The van der Waals surface area contributed by atoms with Gasteiger partial charge >= 0.3 is 0 Å². The van der Waals surface area contributed by atoms with Gasteiger partial charge in [0.1, 0.15) is 0 Å². The predicted molar refractivity (Wildman–Crippen MR) is 88.9 cm³/mol. The lowest BCUT2D eigenvalue weighted by Gasteiger charge is -2.34. The Bertz CT molecular complexity index is 445. The molecule has 0 aromatic carbocycles. The first-order valence-electron chi connectivity index (χ1n) is 8.61. The third kappa shape index (κ3) is 3.86. The number of hydrogen-bond acceptors (Lipinski definition) is 4. The third-order valence-corrected chi connectivity index (χ3v) is 5.32. The first-order valence-corrected chi connectivity index (χ1v) is 8.61. The van der Waals surface area contributed by atoms with Gasteiger partial charge in [-0.25, -0.2) is 0 Å². The van der Waals surface area contributed by atoms with E-state index in [-0.39, 0.29) is 0 Å². The highest BCUT2D eigenvalue weighted by atomic mass is 16.5. The first-order chi connectivity index (χ1) is 10.7. The second kappa shape index (κ2) is 7.53. The van der Waals surface area contributed by atoms with Gasteiger partial charge < -0.3 is 9.64 Å². The number of ether oxygens (including phenoxy) is 1. The van der Waals surface area contributed by atoms with Crippen molar-refractivity contribution in [3.05, 3.63) is 30.1 Å². The Labute approximate surface area is 134 Å². The van der Waals surface area contributed by atoms with Crippen molar-refractivity contribution in [2.24, 2.45) is 5.92 Å². The summed E-state index contributed by atoms with van der Waals surface area (Å²) in [4.78, 5) is 9.30. The smallest absolute Gasteiger partial charge is 0.0469 e. The molecule has 122 valence electrons. The summed E-state index contributed by atoms with van der Waals surface area (Å²) in [6.07, 6.45) is 8.70. The summed E-state index contributed by atoms with van der Waals surface area (Å²) in [6, 6.07) is 5.61. The van der Waals surface area contributed by atoms with Gasteiger partial charge in [0.2, 0.25) is 0 Å². The third-order valence-electron chi connectivity index (χ3n) is 5.32. The second-order valence-electron chi connectivity index (χ2n) is 7.00. The van der Waals surface area contributed by atoms with Gasteiger partial charge in [0.05, 0.1) is 0 Å². The molecule has 4 nitrogen and oxygen atoms in total. The van der Waals surface area contributed by atoms with Crippen LogP contribution in [0.3, 0.4) is 0 Å². The molecule has 0 amide bonds. The van der Waals surface area contributed by atoms with E-state index >= 15 is 0 Å². The van der Waals surface area contributed by atoms with E-state index in [1.165, 1.54) is 37.9 Å². The van der Waals surface area contributed by atoms with Gasteiger partial charge in [0.15, 0.2) is 0 Å². The number of likely N-dealkylation sites (tertiary alicyclic amines) is 1. The first kappa shape index (κ1) is 15.9. The second-order valence-corrected chi connectivity index (χ2v) is 7.00. The van der Waals surface area contributed by atoms with Crippen molar-refractivity contribution in [3.8, 4) is 0 Å². The lowest BCUT2D eigenvalue weighted by molar-refractivity contribution is 0.0481. The van der Waals surface area contributed by atoms with Crippen LogP contribution in [-0.2, 0) is 11.2 Å². The zero-order chi connectivity index (χ0) is 15.4. The van der Waals surface area contributed by atoms with Crippen molar-refractivity contribution in [2.75, 3.05) is 40.4 Å². The quantitative estimate of drug-likeness (QED) is 0.832. The van der Waals surface area contributed by atoms with E-state index in [9.17, 15) is 0 Å². The van der Waals surface area contributed by atoms with Crippen LogP contribution in [0.15, 0.2) is 24.5 Å². The standard InChI is InChI=1S/C18H29N3O/c1-20(2)17-5-10-21(14-16-6-11-22-12-7-16)18(17)13-15-3-8-19-9-4-15/h3-4,8-9,16-18H,5-7,10-14H2,1-2H3/t17-,18+/m1/s1. The highest BCUT2D eigenvalue weighted by Gasteiger charge is 2.36. The number of likely N-dealkylation sites (N-methyl/N-ethyl adjacent to an activating group) is 1. The molecule has 0 aliphatic carbocycles. The molecular weight excluding hydrogens is 274 g/mol. The van der Waals surface area contributed by atoms with Crippen LogP contribution in [0.5, 0.6) is 0 Å². The molecule has 0 saturated carbocycles. The van der Waals surface area contributed by atoms with E-state index in [0.717, 1.165) is 25.6 Å². The van der Waals surface area contributed by atoms with Crippen molar-refractivity contribution < 1.29 is 4.74 Å². The highest BCUT2D eigenvalue weighted by molar-refractivity contribution is 5.13. The Balaban J connectivity index is 1.67. The van der Waals surface area contributed by atoms with Crippen LogP contribution in [0.4, 0.5) is 0 Å². The van der Waals surface area contributed by atoms with Crippen LogP contribution in [0.25, 0.3) is 0 Å². The monoisotopic (exact) mass is 303 g/mol. The van der Waals surface area contributed by atoms with Crippen LogP contribution < -0.4 is 0 Å². The summed E-state index contributed by atoms with van der Waals surface area (Å²) in [6.45, 7) is 4.37. The molecule has 2 saturated heterocycles. The van der Waals surface area contributed by atoms with Gasteiger partial charge in [0.25, 0.3) is 0 Å². The van der Waals surface area contributed by atoms with Gasteiger partial charge in [0, 0.05) is 50.8 Å². The van der Waals surface area contributed by atoms with Crippen LogP contribution in [0.2, 0.25) is 0 Å². The minimum absolute atomic E-state index is 0.625. The number of pyridine rings is 1. The average Bonchev–Trinajstić information content (AvgIpc) is 2.92. The SMILES string of the molecule is CN(C)[C@@H]1CCN(CC2CCOCC2)[C@H]1Cc1ccncc1. The summed E-state index contributed by atoms with van der Waals surface area (Å²) < 4.78 is 5.51. The molecule has 0 unspecified atom stereocenters. The molecular formula is C18H29N3O. The van der Waals surface area contributed by atoms with Crippen LogP contribution in [-0.4, -0.2) is 67.3 Å². The molecule has 3 rings (SSSR count). The molecule has 0 radical (unpaired) electrons. The Morgan fingerprint density at radius 2 is 1.91 bits per heavy atom. The van der Waals surface area contributed by atoms with Crippen molar-refractivity contribution >= 4 is 0 Å². The zero-order valence-corrected chi connectivity index (χ0v) is 13.9. The Morgan fingerprint density at radius 3 is 2.59 bits per heavy atom. The maximum absolute atomic E-state index is 5.51. The van der Waals surface area contributed by atoms with Crippen LogP contribution in [0.1, 0.15) is 24.8 Å². The molecule has 2 aliphatic rings. The minimum atomic E-state index is 0.625. The van der Waals surface area contributed by atoms with Crippen molar-refractivity contribution in [1.82, 2.24) is 14.8 Å². The fourth-order valence-corrected chi connectivity index (χ4v) is 4.01. The van der Waals surface area contributed by atoms with Crippen LogP contribution in [0, 0.1) is 5.92 Å². The van der Waals surface area contributed by atoms with E-state index in [1.807, 2.05) is 12.4 Å². The van der Waals surface area contributed by atoms with E-state index in [0.29, 0.717) is 12.1 Å². The molecule has 1 aromatic heterocycles. The van der Waals surface area contributed by atoms with Crippen molar-refractivity contribution in [2.45, 2.75) is 37.8 Å². The van der Waals surface area contributed by atoms with Gasteiger partial charge in [-0.2, -0.15) is 0 Å². The zero-order valence-electron chi connectivity index (χ0n) is 13.9. The molecule has 2 aliphatic heterocycles. The van der Waals surface area contributed by atoms with E-state index in [1.54, 1.807) is 0 Å². The highest BCUT2D eigenvalue weighted by Crippen LogP contribution is 2.27. The minimum Gasteiger partial charge on any atom is -0.381 e. The molecule has 22 heavy (non-hydrogen) atoms. The normalized spacial score (nSPS) is 27.6. The largest absolute Gasteiger partial charge is 0.381 e. The molecule has 0 bridgehead atoms. The average molecular weight is 303 g/mol. The molecule has 0 spiro atoms. The van der Waals surface area contributed by atoms with E-state index in [4.69, 9.17) is 4.74 Å². The number of aromatic nitrogens is 1. The van der Waals surface area contributed by atoms with Gasteiger partial charge in [-0.3, -0.25) is 9.88 Å². The maximum Gasteiger partial charge on any atom is 0.0469 e. The van der Waals surface area contributed by atoms with Gasteiger partial charge in [-0.15, -0.1) is 0 Å². The molecule has 2 fully saturated rings. The Kier molecular flexibility index (Phi) is 5.45. The number of hydrogen-bond donors (Lipinski definition) is 0. The van der Waals surface area contributed by atoms with E-state index < -0.39 is 0 Å². The number of rotatable bonds is 5. The summed E-state index contributed by atoms with van der Waals surface area (Å²) in [5.41, 5.74) is 1.41. The molecule has 2 atom stereocenters. The lowest BCUT2D eigenvalue weighted by atomic mass is 9.96. The fourth-order valence-electron chi connectivity index (χ4n) is 4.01. The fraction of sp³-hybridized carbons (Fsp3) is 0.722. The maximum atomic E-state index is 5.51. The summed E-state index contributed by atoms with van der Waals surface area (Å²) in [7, 11) is 4.45. The van der Waals surface area contributed by atoms with Gasteiger partial charge in [-0.1, -0.05) is 0 Å². The Morgan fingerprint density at radius 1 is 1.18 bits per heavy atom. The molecule has 1 aromatic rings. The molecule has 3 heterocycles. The van der Waals surface area contributed by atoms with Crippen LogP contribution >= 0.6 is 0 Å². The van der Waals surface area contributed by atoms with Crippen molar-refractivity contribution in [3.63, 3.8) is 0 Å². The van der Waals surface area contributed by atoms with Crippen molar-refractivity contribution in [1.29, 1.82) is 0 Å². The van der Waals surface area contributed by atoms with Gasteiger partial charge in [-0.05, 0) is 63.4 Å². The topological polar surface area (TPSA) is 28.6 Å². The summed E-state index contributed by atoms with van der Waals surface area (Å²) in [5.74, 6) is 0.814. The van der Waals surface area contributed by atoms with E-state index in [2.05, 4.69) is 41.0 Å². The summed E-state index contributed by atoms with van der Waals surface area (Å²) >= 11 is 0. The molecule has 4 heteroatoms. The summed E-state index contributed by atoms with van der Waals surface area (Å²) in [5, 5.41) is 0. The Hall–Kier alpha value is -0.970. The molecule has 0 N–H and O–H groups in total. The lowest BCUT2D eigenvalue weighted by Crippen LogP contribution is -2.45. The number of nitrogens with zero attached hydrogens (tertiary/aromatic N) is 3.